The van der Waals surface area contributed by atoms with E-state index >= 15 is 0 Å². The molecule has 2 aromatic rings. The molecule has 4 heteroatoms. The first-order valence-electron chi connectivity index (χ1n) is 6.94. The summed E-state index contributed by atoms with van der Waals surface area (Å²) in [6, 6.07) is 18.4. The molecular weight excluding hydrogens is 260 g/mol. The molecule has 0 amide bonds. The molecule has 1 unspecified atom stereocenters. The van der Waals surface area contributed by atoms with Crippen molar-refractivity contribution in [1.82, 2.24) is 0 Å². The summed E-state index contributed by atoms with van der Waals surface area (Å²) in [5.41, 5.74) is 6.25. The Hall–Kier alpha value is -2.75. The van der Waals surface area contributed by atoms with Gasteiger partial charge in [0.15, 0.2) is 0 Å². The standard InChI is InChI=1S/C17H14N4/c18-19-16-12-8-4-5-9-13(12)17-15(16)14(20-21-17)10-11-6-2-1-3-7-11/h1-9,15H,10,18H2/b19-16-. The van der Waals surface area contributed by atoms with Gasteiger partial charge in [-0.05, 0) is 5.56 Å². The van der Waals surface area contributed by atoms with Crippen LogP contribution < -0.4 is 5.84 Å². The van der Waals surface area contributed by atoms with Crippen molar-refractivity contribution in [2.75, 3.05) is 0 Å². The maximum Gasteiger partial charge on any atom is 0.0889 e. The highest BCUT2D eigenvalue weighted by atomic mass is 15.3. The molecule has 1 heterocycles. The van der Waals surface area contributed by atoms with Gasteiger partial charge in [0.25, 0.3) is 0 Å². The molecule has 2 N–H and O–H groups in total. The van der Waals surface area contributed by atoms with Crippen LogP contribution in [0.4, 0.5) is 0 Å². The van der Waals surface area contributed by atoms with Crippen LogP contribution in [0, 0.1) is 5.92 Å². The van der Waals surface area contributed by atoms with Crippen molar-refractivity contribution in [1.29, 1.82) is 0 Å². The Bertz CT molecular complexity index is 772. The van der Waals surface area contributed by atoms with Crippen molar-refractivity contribution in [2.45, 2.75) is 6.42 Å². The Balaban J connectivity index is 1.72. The molecule has 0 saturated carbocycles. The fourth-order valence-corrected chi connectivity index (χ4v) is 3.06. The molecule has 0 fully saturated rings. The smallest absolute Gasteiger partial charge is 0.0889 e. The number of hydrogen-bond donors (Lipinski definition) is 1. The summed E-state index contributed by atoms with van der Waals surface area (Å²) in [6.45, 7) is 0. The van der Waals surface area contributed by atoms with Crippen LogP contribution in [0.3, 0.4) is 0 Å². The monoisotopic (exact) mass is 274 g/mol. The molecule has 2 aliphatic rings. The van der Waals surface area contributed by atoms with Crippen LogP contribution in [-0.2, 0) is 6.42 Å². The van der Waals surface area contributed by atoms with Gasteiger partial charge in [-0.15, -0.1) is 0 Å². The van der Waals surface area contributed by atoms with Gasteiger partial charge in [0.05, 0.1) is 23.1 Å². The van der Waals surface area contributed by atoms with E-state index in [-0.39, 0.29) is 5.92 Å². The molecule has 0 aromatic heterocycles. The van der Waals surface area contributed by atoms with Crippen molar-refractivity contribution in [3.05, 3.63) is 71.3 Å². The van der Waals surface area contributed by atoms with Crippen LogP contribution in [-0.4, -0.2) is 17.1 Å². The Labute approximate surface area is 122 Å². The molecule has 0 saturated heterocycles. The van der Waals surface area contributed by atoms with E-state index < -0.39 is 0 Å². The van der Waals surface area contributed by atoms with Gasteiger partial charge in [-0.3, -0.25) is 0 Å². The number of rotatable bonds is 2. The number of hydrogen-bond acceptors (Lipinski definition) is 4. The predicted molar refractivity (Wildman–Crippen MR) is 84.8 cm³/mol. The maximum absolute atomic E-state index is 5.64. The van der Waals surface area contributed by atoms with E-state index in [0.29, 0.717) is 0 Å². The second-order valence-electron chi connectivity index (χ2n) is 5.23. The lowest BCUT2D eigenvalue weighted by molar-refractivity contribution is 1.15. The molecule has 0 bridgehead atoms. The molecule has 1 aliphatic carbocycles. The van der Waals surface area contributed by atoms with Gasteiger partial charge in [0, 0.05) is 17.5 Å². The molecule has 1 aliphatic heterocycles. The number of fused-ring (bicyclic) bond motifs is 3. The van der Waals surface area contributed by atoms with Gasteiger partial charge in [0.2, 0.25) is 0 Å². The second kappa shape index (κ2) is 4.66. The lowest BCUT2D eigenvalue weighted by atomic mass is 9.92. The zero-order chi connectivity index (χ0) is 14.2. The summed E-state index contributed by atoms with van der Waals surface area (Å²) in [5, 5.41) is 12.8. The number of nitrogens with two attached hydrogens (primary N) is 1. The fourth-order valence-electron chi connectivity index (χ4n) is 3.06. The third-order valence-corrected chi connectivity index (χ3v) is 4.01. The van der Waals surface area contributed by atoms with Crippen LogP contribution in [0.25, 0.3) is 0 Å². The minimum absolute atomic E-state index is 0.00704. The topological polar surface area (TPSA) is 63.1 Å². The Kier molecular flexibility index (Phi) is 2.67. The number of benzene rings is 2. The molecule has 1 atom stereocenters. The SMILES string of the molecule is N/N=C1/c2ccccc2C2=NN=C(Cc3ccccc3)C21. The van der Waals surface area contributed by atoms with Crippen molar-refractivity contribution in [3.63, 3.8) is 0 Å². The molecule has 102 valence electrons. The summed E-state index contributed by atoms with van der Waals surface area (Å²) < 4.78 is 0. The first kappa shape index (κ1) is 12.0. The van der Waals surface area contributed by atoms with E-state index in [1.807, 2.05) is 36.4 Å². The van der Waals surface area contributed by atoms with Gasteiger partial charge in [-0.25, -0.2) is 0 Å². The molecule has 0 radical (unpaired) electrons. The third-order valence-electron chi connectivity index (χ3n) is 4.01. The summed E-state index contributed by atoms with van der Waals surface area (Å²) in [4.78, 5) is 0. The third kappa shape index (κ3) is 1.80. The lowest BCUT2D eigenvalue weighted by Crippen LogP contribution is -2.25. The van der Waals surface area contributed by atoms with Gasteiger partial charge in [-0.1, -0.05) is 54.6 Å². The average Bonchev–Trinajstić information content (AvgIpc) is 3.07. The van der Waals surface area contributed by atoms with E-state index in [4.69, 9.17) is 5.84 Å². The molecular formula is C17H14N4. The highest BCUT2D eigenvalue weighted by Crippen LogP contribution is 2.33. The van der Waals surface area contributed by atoms with E-state index in [1.54, 1.807) is 0 Å². The van der Waals surface area contributed by atoms with Gasteiger partial charge in [-0.2, -0.15) is 15.3 Å². The zero-order valence-electron chi connectivity index (χ0n) is 11.4. The maximum atomic E-state index is 5.64. The van der Waals surface area contributed by atoms with Crippen LogP contribution in [0.15, 0.2) is 69.9 Å². The molecule has 21 heavy (non-hydrogen) atoms. The molecule has 4 rings (SSSR count). The van der Waals surface area contributed by atoms with Crippen LogP contribution in [0.2, 0.25) is 0 Å². The van der Waals surface area contributed by atoms with Crippen molar-refractivity contribution < 1.29 is 0 Å². The average molecular weight is 274 g/mol. The molecule has 2 aromatic carbocycles. The lowest BCUT2D eigenvalue weighted by Gasteiger charge is -2.09. The van der Waals surface area contributed by atoms with Crippen molar-refractivity contribution in [3.8, 4) is 0 Å². The summed E-state index contributed by atoms with van der Waals surface area (Å²) in [5.74, 6) is 5.65. The Morgan fingerprint density at radius 1 is 0.905 bits per heavy atom. The largest absolute Gasteiger partial charge is 0.323 e. The van der Waals surface area contributed by atoms with Crippen molar-refractivity contribution >= 4 is 17.1 Å². The predicted octanol–water partition coefficient (Wildman–Crippen LogP) is 2.38. The highest BCUT2D eigenvalue weighted by molar-refractivity contribution is 6.40. The number of hydrazone groups is 1. The normalized spacial score (nSPS) is 21.0. The van der Waals surface area contributed by atoms with Crippen LogP contribution in [0.1, 0.15) is 16.7 Å². The number of nitrogens with zero attached hydrogens (tertiary/aromatic N) is 3. The molecule has 0 spiro atoms. The highest BCUT2D eigenvalue weighted by Gasteiger charge is 2.40. The fraction of sp³-hybridized carbons (Fsp3) is 0.118. The summed E-state index contributed by atoms with van der Waals surface area (Å²) in [7, 11) is 0. The zero-order valence-corrected chi connectivity index (χ0v) is 11.4. The van der Waals surface area contributed by atoms with E-state index in [9.17, 15) is 0 Å². The van der Waals surface area contributed by atoms with Gasteiger partial charge >= 0.3 is 0 Å². The van der Waals surface area contributed by atoms with E-state index in [0.717, 1.165) is 34.7 Å². The first-order chi connectivity index (χ1) is 10.4. The molecule has 4 nitrogen and oxygen atoms in total. The van der Waals surface area contributed by atoms with E-state index in [1.165, 1.54) is 5.56 Å². The Morgan fingerprint density at radius 2 is 1.62 bits per heavy atom. The van der Waals surface area contributed by atoms with Crippen LogP contribution >= 0.6 is 0 Å². The van der Waals surface area contributed by atoms with Gasteiger partial charge in [0.1, 0.15) is 0 Å². The minimum atomic E-state index is 0.00704. The van der Waals surface area contributed by atoms with Crippen LogP contribution in [0.5, 0.6) is 0 Å². The Morgan fingerprint density at radius 3 is 2.38 bits per heavy atom. The second-order valence-corrected chi connectivity index (χ2v) is 5.23. The summed E-state index contributed by atoms with van der Waals surface area (Å²) in [6.07, 6.45) is 0.769. The van der Waals surface area contributed by atoms with Gasteiger partial charge < -0.3 is 5.84 Å². The minimum Gasteiger partial charge on any atom is -0.323 e. The van der Waals surface area contributed by atoms with Crippen molar-refractivity contribution in [2.24, 2.45) is 27.1 Å². The first-order valence-corrected chi connectivity index (χ1v) is 6.94. The quantitative estimate of drug-likeness (QED) is 0.663. The summed E-state index contributed by atoms with van der Waals surface area (Å²) >= 11 is 0. The van der Waals surface area contributed by atoms with E-state index in [2.05, 4.69) is 33.5 Å².